The van der Waals surface area contributed by atoms with E-state index >= 15 is 0 Å². The fourth-order valence-electron chi connectivity index (χ4n) is 4.73. The number of anilines is 2. The molecule has 1 heterocycles. The number of benzene rings is 3. The molecule has 186 valence electrons. The Morgan fingerprint density at radius 2 is 1.75 bits per heavy atom. The first-order valence-corrected chi connectivity index (χ1v) is 13.2. The van der Waals surface area contributed by atoms with Crippen LogP contribution in [0.3, 0.4) is 0 Å². The Bertz CT molecular complexity index is 1460. The van der Waals surface area contributed by atoms with Gasteiger partial charge in [0.1, 0.15) is 11.5 Å². The molecule has 1 aliphatic carbocycles. The number of hydrogen-bond acceptors (Lipinski definition) is 6. The van der Waals surface area contributed by atoms with Crippen molar-refractivity contribution in [2.75, 3.05) is 5.32 Å². The summed E-state index contributed by atoms with van der Waals surface area (Å²) in [6.45, 7) is 3.75. The molecule has 5 rings (SSSR count). The number of nitrogens with zero attached hydrogens (tertiary/aromatic N) is 3. The lowest BCUT2D eigenvalue weighted by Crippen LogP contribution is -2.06. The molecule has 4 N–H and O–H groups in total. The third kappa shape index (κ3) is 4.86. The van der Waals surface area contributed by atoms with Crippen molar-refractivity contribution in [2.24, 2.45) is 0 Å². The molecule has 0 fully saturated rings. The number of para-hydroxylation sites is 1. The maximum absolute atomic E-state index is 11.7. The van der Waals surface area contributed by atoms with E-state index in [0.29, 0.717) is 22.9 Å². The van der Waals surface area contributed by atoms with E-state index in [2.05, 4.69) is 27.6 Å². The van der Waals surface area contributed by atoms with Crippen LogP contribution < -0.4 is 9.84 Å². The van der Waals surface area contributed by atoms with Gasteiger partial charge in [0.05, 0.1) is 5.69 Å². The second-order valence-corrected chi connectivity index (χ2v) is 10.3. The van der Waals surface area contributed by atoms with Gasteiger partial charge in [0.2, 0.25) is 5.95 Å². The van der Waals surface area contributed by atoms with Crippen LogP contribution in [0.15, 0.2) is 60.7 Å². The molecular weight excluding hydrogens is 479 g/mol. The molecule has 0 saturated heterocycles. The first kappa shape index (κ1) is 24.1. The van der Waals surface area contributed by atoms with Gasteiger partial charge >= 0.3 is 7.82 Å². The molecule has 0 atom stereocenters. The quantitative estimate of drug-likeness (QED) is 0.243. The fraction of sp³-hybridized carbons (Fsp3) is 0.231. The van der Waals surface area contributed by atoms with Gasteiger partial charge in [-0.3, -0.25) is 14.4 Å². The number of phenolic OH excluding ortho intramolecular Hbond substituents is 1. The van der Waals surface area contributed by atoms with E-state index in [1.165, 1.54) is 23.3 Å². The van der Waals surface area contributed by atoms with Gasteiger partial charge in [-0.2, -0.15) is 0 Å². The van der Waals surface area contributed by atoms with E-state index < -0.39 is 7.82 Å². The average Bonchev–Trinajstić information content (AvgIpc) is 3.44. The zero-order chi connectivity index (χ0) is 25.4. The number of hydrogen-bond donors (Lipinski definition) is 4. The van der Waals surface area contributed by atoms with E-state index in [1.54, 1.807) is 0 Å². The van der Waals surface area contributed by atoms with Crippen molar-refractivity contribution in [1.82, 2.24) is 14.8 Å². The lowest BCUT2D eigenvalue weighted by atomic mass is 9.95. The molecule has 36 heavy (non-hydrogen) atoms. The number of nitrogens with one attached hydrogen (secondary N) is 1. The number of aromatic hydroxyl groups is 1. The molecule has 10 heteroatoms. The Morgan fingerprint density at radius 1 is 1.00 bits per heavy atom. The summed E-state index contributed by atoms with van der Waals surface area (Å²) >= 11 is 0. The maximum atomic E-state index is 11.7. The summed E-state index contributed by atoms with van der Waals surface area (Å²) < 4.78 is 18.5. The first-order chi connectivity index (χ1) is 17.2. The van der Waals surface area contributed by atoms with Crippen molar-refractivity contribution in [1.29, 1.82) is 0 Å². The Kier molecular flexibility index (Phi) is 6.30. The smallest absolute Gasteiger partial charge is 0.508 e. The molecule has 9 nitrogen and oxygen atoms in total. The van der Waals surface area contributed by atoms with Crippen molar-refractivity contribution in [3.05, 3.63) is 77.4 Å². The summed E-state index contributed by atoms with van der Waals surface area (Å²) in [4.78, 5) is 19.0. The van der Waals surface area contributed by atoms with Crippen molar-refractivity contribution in [3.63, 3.8) is 0 Å². The lowest BCUT2D eigenvalue weighted by Gasteiger charge is -2.20. The van der Waals surface area contributed by atoms with Crippen LogP contribution in [0.4, 0.5) is 11.6 Å². The van der Waals surface area contributed by atoms with Gasteiger partial charge in [-0.1, -0.05) is 38.1 Å². The molecule has 0 aliphatic heterocycles. The lowest BCUT2D eigenvalue weighted by molar-refractivity contribution is 0.281. The molecule has 0 bridgehead atoms. The van der Waals surface area contributed by atoms with Crippen LogP contribution in [-0.2, 0) is 17.4 Å². The topological polar surface area (TPSA) is 130 Å². The van der Waals surface area contributed by atoms with Crippen molar-refractivity contribution in [3.8, 4) is 28.6 Å². The van der Waals surface area contributed by atoms with Crippen LogP contribution in [-0.4, -0.2) is 29.7 Å². The van der Waals surface area contributed by atoms with Crippen LogP contribution in [0.1, 0.15) is 42.9 Å². The Balaban J connectivity index is 1.73. The Morgan fingerprint density at radius 3 is 2.47 bits per heavy atom. The third-order valence-electron chi connectivity index (χ3n) is 6.20. The van der Waals surface area contributed by atoms with Crippen molar-refractivity contribution in [2.45, 2.75) is 39.0 Å². The van der Waals surface area contributed by atoms with Gasteiger partial charge in [-0.05, 0) is 66.6 Å². The number of phosphoric ester groups is 1. The average molecular weight is 506 g/mol. The van der Waals surface area contributed by atoms with Crippen LogP contribution in [0, 0.1) is 0 Å². The minimum absolute atomic E-state index is 0.102. The molecule has 0 amide bonds. The summed E-state index contributed by atoms with van der Waals surface area (Å²) in [5, 5.41) is 22.7. The highest BCUT2D eigenvalue weighted by Crippen LogP contribution is 2.46. The Labute approximate surface area is 208 Å². The zero-order valence-electron chi connectivity index (χ0n) is 19.9. The van der Waals surface area contributed by atoms with Gasteiger partial charge in [-0.15, -0.1) is 10.2 Å². The van der Waals surface area contributed by atoms with E-state index in [4.69, 9.17) is 4.52 Å². The molecule has 1 aliphatic rings. The first-order valence-electron chi connectivity index (χ1n) is 11.7. The third-order valence-corrected chi connectivity index (χ3v) is 6.63. The summed E-state index contributed by atoms with van der Waals surface area (Å²) in [7, 11) is -4.87. The zero-order valence-corrected chi connectivity index (χ0v) is 20.8. The molecule has 4 aromatic rings. The number of aryl methyl sites for hydroxylation is 2. The van der Waals surface area contributed by atoms with Crippen LogP contribution in [0.5, 0.6) is 11.5 Å². The number of phosphoric acid groups is 1. The Hall–Kier alpha value is -3.65. The van der Waals surface area contributed by atoms with Gasteiger partial charge < -0.3 is 14.9 Å². The highest BCUT2D eigenvalue weighted by molar-refractivity contribution is 7.46. The predicted octanol–water partition coefficient (Wildman–Crippen LogP) is 5.47. The van der Waals surface area contributed by atoms with Crippen LogP contribution >= 0.6 is 7.82 Å². The highest BCUT2D eigenvalue weighted by atomic mass is 31.2. The second-order valence-electron chi connectivity index (χ2n) is 9.12. The van der Waals surface area contributed by atoms with E-state index in [-0.39, 0.29) is 17.4 Å². The summed E-state index contributed by atoms with van der Waals surface area (Å²) in [6, 6.07) is 18.6. The monoisotopic (exact) mass is 506 g/mol. The molecule has 1 aromatic heterocycles. The number of rotatable bonds is 7. The van der Waals surface area contributed by atoms with Gasteiger partial charge in [0, 0.05) is 22.9 Å². The minimum atomic E-state index is -4.87. The molecule has 0 radical (unpaired) electrons. The highest BCUT2D eigenvalue weighted by Gasteiger charge is 2.27. The number of aromatic nitrogens is 3. The van der Waals surface area contributed by atoms with E-state index in [1.807, 2.05) is 54.8 Å². The van der Waals surface area contributed by atoms with Crippen LogP contribution in [0.2, 0.25) is 0 Å². The maximum Gasteiger partial charge on any atom is 0.524 e. The molecule has 0 unspecified atom stereocenters. The molecule has 0 saturated carbocycles. The fourth-order valence-corrected chi connectivity index (χ4v) is 5.14. The number of fused-ring (bicyclic) bond motifs is 1. The van der Waals surface area contributed by atoms with E-state index in [9.17, 15) is 19.5 Å². The normalized spacial score (nSPS) is 13.1. The molecule has 0 spiro atoms. The second kappa shape index (κ2) is 9.43. The SMILES string of the molecule is CC(C)c1c(OP(=O)(O)O)cc(O)cc1-c1nnc(Nc2ccccc2)n1-c1ccc2c(c1)CCC2. The largest absolute Gasteiger partial charge is 0.524 e. The molecule has 3 aromatic carbocycles. The van der Waals surface area contributed by atoms with Gasteiger partial charge in [0.25, 0.3) is 0 Å². The van der Waals surface area contributed by atoms with E-state index in [0.717, 1.165) is 30.6 Å². The van der Waals surface area contributed by atoms with Crippen molar-refractivity contribution >= 4 is 19.5 Å². The summed E-state index contributed by atoms with van der Waals surface area (Å²) in [5.41, 5.74) is 5.21. The minimum Gasteiger partial charge on any atom is -0.508 e. The van der Waals surface area contributed by atoms with Crippen molar-refractivity contribution < 1.29 is 24.0 Å². The standard InChI is InChI=1S/C26H27N4O5P/c1-16(2)24-22(14-21(31)15-23(24)35-36(32,33)34)25-28-29-26(27-19-9-4-3-5-10-19)30(25)20-12-11-17-7-6-8-18(17)13-20/h3-5,9-16,31H,6-8H2,1-2H3,(H,27,29)(H2,32,33,34). The molecular formula is C26H27N4O5P. The van der Waals surface area contributed by atoms with Gasteiger partial charge in [0.15, 0.2) is 5.82 Å². The number of phenols is 1. The predicted molar refractivity (Wildman–Crippen MR) is 137 cm³/mol. The summed E-state index contributed by atoms with van der Waals surface area (Å²) in [5.74, 6) is 0.345. The van der Waals surface area contributed by atoms with Crippen LogP contribution in [0.25, 0.3) is 17.1 Å². The van der Waals surface area contributed by atoms with Gasteiger partial charge in [-0.25, -0.2) is 4.57 Å². The summed E-state index contributed by atoms with van der Waals surface area (Å²) in [6.07, 6.45) is 3.15.